The molecule has 2 amide bonds. The summed E-state index contributed by atoms with van der Waals surface area (Å²) in [6.45, 7) is 3.51. The molecule has 3 aromatic rings. The van der Waals surface area contributed by atoms with Crippen molar-refractivity contribution in [2.75, 3.05) is 4.90 Å². The van der Waals surface area contributed by atoms with Crippen LogP contribution in [0.4, 0.5) is 5.69 Å². The van der Waals surface area contributed by atoms with E-state index in [1.54, 1.807) is 13.0 Å². The fourth-order valence-electron chi connectivity index (χ4n) is 6.35. The molecule has 2 bridgehead atoms. The van der Waals surface area contributed by atoms with Crippen LogP contribution >= 0.6 is 15.9 Å². The van der Waals surface area contributed by atoms with Gasteiger partial charge < -0.3 is 0 Å². The second-order valence-electron chi connectivity index (χ2n) is 8.97. The number of rotatable bonds is 2. The molecule has 0 N–H and O–H groups in total. The highest BCUT2D eigenvalue weighted by Gasteiger charge is 2.69. The molecule has 1 aliphatic heterocycles. The van der Waals surface area contributed by atoms with Crippen molar-refractivity contribution in [1.82, 2.24) is 0 Å². The Kier molecular flexibility index (Phi) is 3.98. The van der Waals surface area contributed by atoms with Crippen molar-refractivity contribution in [3.63, 3.8) is 0 Å². The van der Waals surface area contributed by atoms with Crippen LogP contribution in [0.25, 0.3) is 0 Å². The normalized spacial score (nSPS) is 27.2. The number of anilines is 1. The number of carbonyl (C=O) groups is 3. The van der Waals surface area contributed by atoms with E-state index in [2.05, 4.69) is 15.9 Å². The minimum absolute atomic E-state index is 0.0985. The fourth-order valence-corrected chi connectivity index (χ4v) is 6.71. The number of amides is 2. The molecular formula is C27H20BrNO3. The molecular weight excluding hydrogens is 466 g/mol. The summed E-state index contributed by atoms with van der Waals surface area (Å²) in [5.41, 5.74) is 4.10. The molecule has 7 rings (SSSR count). The van der Waals surface area contributed by atoms with Gasteiger partial charge in [-0.05, 0) is 53.8 Å². The number of carbonyl (C=O) groups excluding carboxylic acids is 3. The molecule has 2 atom stereocenters. The minimum Gasteiger partial charge on any atom is -0.299 e. The molecule has 4 nitrogen and oxygen atoms in total. The van der Waals surface area contributed by atoms with Crippen molar-refractivity contribution in [2.24, 2.45) is 11.8 Å². The van der Waals surface area contributed by atoms with Gasteiger partial charge >= 0.3 is 0 Å². The largest absolute Gasteiger partial charge is 0.299 e. The average molecular weight is 486 g/mol. The van der Waals surface area contributed by atoms with Gasteiger partial charge in [-0.1, -0.05) is 70.5 Å². The van der Waals surface area contributed by atoms with E-state index < -0.39 is 17.3 Å². The van der Waals surface area contributed by atoms with Crippen molar-refractivity contribution >= 4 is 39.2 Å². The Morgan fingerprint density at radius 1 is 0.906 bits per heavy atom. The smallest absolute Gasteiger partial charge is 0.239 e. The maximum atomic E-state index is 14.0. The fraction of sp³-hybridized carbons (Fsp3) is 0.222. The molecule has 0 aromatic heterocycles. The number of aryl methyl sites for hydroxylation is 1. The van der Waals surface area contributed by atoms with Crippen LogP contribution in [0.2, 0.25) is 0 Å². The zero-order chi connectivity index (χ0) is 22.4. The maximum Gasteiger partial charge on any atom is 0.239 e. The van der Waals surface area contributed by atoms with E-state index in [9.17, 15) is 14.4 Å². The van der Waals surface area contributed by atoms with Gasteiger partial charge in [0, 0.05) is 10.4 Å². The Morgan fingerprint density at radius 2 is 1.50 bits per heavy atom. The van der Waals surface area contributed by atoms with Gasteiger partial charge in [-0.15, -0.1) is 0 Å². The summed E-state index contributed by atoms with van der Waals surface area (Å²) in [4.78, 5) is 42.8. The molecule has 3 aromatic carbocycles. The van der Waals surface area contributed by atoms with Crippen molar-refractivity contribution in [1.29, 1.82) is 0 Å². The molecule has 1 saturated heterocycles. The number of ketones is 1. The summed E-state index contributed by atoms with van der Waals surface area (Å²) in [5, 5.41) is 0. The summed E-state index contributed by atoms with van der Waals surface area (Å²) >= 11 is 3.52. The lowest BCUT2D eigenvalue weighted by molar-refractivity contribution is -0.132. The lowest BCUT2D eigenvalue weighted by Crippen LogP contribution is -2.57. The molecule has 4 aliphatic rings. The van der Waals surface area contributed by atoms with Gasteiger partial charge in [-0.2, -0.15) is 0 Å². The number of halogens is 1. The monoisotopic (exact) mass is 485 g/mol. The van der Waals surface area contributed by atoms with Crippen molar-refractivity contribution < 1.29 is 14.4 Å². The average Bonchev–Trinajstić information content (AvgIpc) is 3.06. The van der Waals surface area contributed by atoms with E-state index in [1.807, 2.05) is 67.6 Å². The topological polar surface area (TPSA) is 54.5 Å². The van der Waals surface area contributed by atoms with Crippen LogP contribution in [0.5, 0.6) is 0 Å². The summed E-state index contributed by atoms with van der Waals surface area (Å²) < 4.78 is 0.835. The van der Waals surface area contributed by atoms with Crippen LogP contribution in [0.1, 0.15) is 40.7 Å². The molecule has 158 valence electrons. The Bertz CT molecular complexity index is 1310. The van der Waals surface area contributed by atoms with E-state index in [0.29, 0.717) is 5.69 Å². The zero-order valence-corrected chi connectivity index (χ0v) is 19.2. The lowest BCUT2D eigenvalue weighted by atomic mass is 9.46. The SMILES string of the molecule is CC(=O)C12c3ccccc3C(c3ccccc31)C1C(=O)N(c3ccc(C)c(Br)c3)C(=O)C12. The van der Waals surface area contributed by atoms with Gasteiger partial charge in [0.2, 0.25) is 11.8 Å². The van der Waals surface area contributed by atoms with Gasteiger partial charge in [0.1, 0.15) is 5.78 Å². The Morgan fingerprint density at radius 3 is 2.06 bits per heavy atom. The molecule has 1 heterocycles. The number of nitrogens with zero attached hydrogens (tertiary/aromatic N) is 1. The summed E-state index contributed by atoms with van der Waals surface area (Å²) in [6.07, 6.45) is 0. The van der Waals surface area contributed by atoms with E-state index in [4.69, 9.17) is 0 Å². The highest BCUT2D eigenvalue weighted by atomic mass is 79.9. The first-order chi connectivity index (χ1) is 15.4. The number of hydrogen-bond acceptors (Lipinski definition) is 3. The third-order valence-corrected chi connectivity index (χ3v) is 8.44. The zero-order valence-electron chi connectivity index (χ0n) is 17.6. The minimum atomic E-state index is -1.16. The van der Waals surface area contributed by atoms with Crippen LogP contribution in [0.15, 0.2) is 71.2 Å². The maximum absolute atomic E-state index is 14.0. The third kappa shape index (κ3) is 2.15. The second kappa shape index (κ2) is 6.48. The quantitative estimate of drug-likeness (QED) is 0.485. The molecule has 5 heteroatoms. The van der Waals surface area contributed by atoms with Gasteiger partial charge in [0.15, 0.2) is 0 Å². The Hall–Kier alpha value is -3.05. The van der Waals surface area contributed by atoms with Gasteiger partial charge in [0.05, 0.1) is 22.9 Å². The van der Waals surface area contributed by atoms with E-state index in [1.165, 1.54) is 4.90 Å². The van der Waals surface area contributed by atoms with Crippen LogP contribution < -0.4 is 4.90 Å². The molecule has 0 spiro atoms. The molecule has 1 fully saturated rings. The lowest BCUT2D eigenvalue weighted by Gasteiger charge is -2.52. The Labute approximate surface area is 194 Å². The van der Waals surface area contributed by atoms with Gasteiger partial charge in [-0.3, -0.25) is 14.4 Å². The predicted octanol–water partition coefficient (Wildman–Crippen LogP) is 4.90. The van der Waals surface area contributed by atoms with Crippen LogP contribution in [-0.4, -0.2) is 17.6 Å². The van der Waals surface area contributed by atoms with E-state index in [-0.39, 0.29) is 23.5 Å². The first-order valence-corrected chi connectivity index (χ1v) is 11.5. The molecule has 2 unspecified atom stereocenters. The standard InChI is InChI=1S/C27H20BrNO3/c1-14-11-12-16(13-21(14)28)29-25(31)23-22-17-7-3-5-9-19(17)27(15(2)30,24(23)26(29)32)20-10-6-4-8-18(20)22/h3-13,22-24H,1-2H3. The van der Waals surface area contributed by atoms with Crippen LogP contribution in [0.3, 0.4) is 0 Å². The van der Waals surface area contributed by atoms with E-state index in [0.717, 1.165) is 32.3 Å². The molecule has 0 saturated carbocycles. The molecule has 32 heavy (non-hydrogen) atoms. The summed E-state index contributed by atoms with van der Waals surface area (Å²) in [7, 11) is 0. The molecule has 3 aliphatic carbocycles. The first-order valence-electron chi connectivity index (χ1n) is 10.7. The van der Waals surface area contributed by atoms with Gasteiger partial charge in [0.25, 0.3) is 0 Å². The third-order valence-electron chi connectivity index (χ3n) is 7.59. The number of Topliss-reactive ketones (excluding diaryl/α,β-unsaturated/α-hetero) is 1. The van der Waals surface area contributed by atoms with Crippen LogP contribution in [0, 0.1) is 18.8 Å². The predicted molar refractivity (Wildman–Crippen MR) is 125 cm³/mol. The first kappa shape index (κ1) is 19.6. The van der Waals surface area contributed by atoms with Crippen molar-refractivity contribution in [2.45, 2.75) is 25.2 Å². The Balaban J connectivity index is 1.66. The van der Waals surface area contributed by atoms with E-state index >= 15 is 0 Å². The summed E-state index contributed by atoms with van der Waals surface area (Å²) in [6, 6.07) is 21.1. The second-order valence-corrected chi connectivity index (χ2v) is 9.82. The number of hydrogen-bond donors (Lipinski definition) is 0. The number of imide groups is 1. The number of benzene rings is 3. The summed E-state index contributed by atoms with van der Waals surface area (Å²) in [5.74, 6) is -2.21. The van der Waals surface area contributed by atoms with Crippen molar-refractivity contribution in [3.05, 3.63) is 99.0 Å². The van der Waals surface area contributed by atoms with Crippen molar-refractivity contribution in [3.8, 4) is 0 Å². The van der Waals surface area contributed by atoms with Crippen LogP contribution in [-0.2, 0) is 19.8 Å². The highest BCUT2D eigenvalue weighted by Crippen LogP contribution is 2.64. The highest BCUT2D eigenvalue weighted by molar-refractivity contribution is 9.10. The molecule has 0 radical (unpaired) electrons. The van der Waals surface area contributed by atoms with Gasteiger partial charge in [-0.25, -0.2) is 4.90 Å².